The van der Waals surface area contributed by atoms with Crippen LogP contribution in [0.4, 0.5) is 5.69 Å². The van der Waals surface area contributed by atoms with E-state index >= 15 is 0 Å². The van der Waals surface area contributed by atoms with Crippen molar-refractivity contribution >= 4 is 22.4 Å². The van der Waals surface area contributed by atoms with Crippen molar-refractivity contribution < 1.29 is 9.32 Å². The Morgan fingerprint density at radius 2 is 1.63 bits per heavy atom. The summed E-state index contributed by atoms with van der Waals surface area (Å²) >= 11 is 0. The molecular formula is C25H25N3O2. The van der Waals surface area contributed by atoms with Crippen molar-refractivity contribution in [2.75, 3.05) is 5.32 Å². The summed E-state index contributed by atoms with van der Waals surface area (Å²) in [6.45, 7) is 4.19. The standard InChI is InChI=1S/C25H25N3O2/c1-3-17-10-7-11-18(4-2)24(17)26-22(29)15-16-23-27-25(28-30-23)21-14-8-12-19-9-5-6-13-20(19)21/h5-14H,3-4,15-16H2,1-2H3,(H,26,29). The summed E-state index contributed by atoms with van der Waals surface area (Å²) < 4.78 is 5.42. The van der Waals surface area contributed by atoms with Crippen molar-refractivity contribution in [3.8, 4) is 11.4 Å². The molecule has 0 aliphatic heterocycles. The second-order valence-corrected chi connectivity index (χ2v) is 7.24. The van der Waals surface area contributed by atoms with E-state index in [2.05, 4.69) is 53.6 Å². The molecule has 0 saturated carbocycles. The molecule has 1 amide bonds. The minimum absolute atomic E-state index is 0.0458. The molecule has 0 unspecified atom stereocenters. The van der Waals surface area contributed by atoms with Crippen LogP contribution in [0.5, 0.6) is 0 Å². The number of anilines is 1. The second-order valence-electron chi connectivity index (χ2n) is 7.24. The van der Waals surface area contributed by atoms with Crippen LogP contribution in [0.2, 0.25) is 0 Å². The number of nitrogens with one attached hydrogen (secondary N) is 1. The smallest absolute Gasteiger partial charge is 0.227 e. The fourth-order valence-corrected chi connectivity index (χ4v) is 3.71. The first-order chi connectivity index (χ1) is 14.7. The number of para-hydroxylation sites is 1. The van der Waals surface area contributed by atoms with Gasteiger partial charge in [0, 0.05) is 24.1 Å². The third kappa shape index (κ3) is 4.10. The molecule has 5 nitrogen and oxygen atoms in total. The predicted molar refractivity (Wildman–Crippen MR) is 119 cm³/mol. The largest absolute Gasteiger partial charge is 0.339 e. The van der Waals surface area contributed by atoms with Crippen LogP contribution in [-0.4, -0.2) is 16.0 Å². The Labute approximate surface area is 176 Å². The van der Waals surface area contributed by atoms with E-state index in [0.29, 0.717) is 24.6 Å². The monoisotopic (exact) mass is 399 g/mol. The Morgan fingerprint density at radius 3 is 2.40 bits per heavy atom. The number of rotatable bonds is 7. The van der Waals surface area contributed by atoms with Gasteiger partial charge in [-0.1, -0.05) is 79.7 Å². The fraction of sp³-hybridized carbons (Fsp3) is 0.240. The average Bonchev–Trinajstić information content (AvgIpc) is 3.26. The maximum atomic E-state index is 12.6. The highest BCUT2D eigenvalue weighted by molar-refractivity contribution is 5.95. The van der Waals surface area contributed by atoms with Gasteiger partial charge in [-0.15, -0.1) is 0 Å². The van der Waals surface area contributed by atoms with Gasteiger partial charge in [0.25, 0.3) is 0 Å². The summed E-state index contributed by atoms with van der Waals surface area (Å²) in [5.74, 6) is 0.967. The van der Waals surface area contributed by atoms with Crippen molar-refractivity contribution in [2.24, 2.45) is 0 Å². The third-order valence-electron chi connectivity index (χ3n) is 5.33. The van der Waals surface area contributed by atoms with E-state index < -0.39 is 0 Å². The summed E-state index contributed by atoms with van der Waals surface area (Å²) in [7, 11) is 0. The lowest BCUT2D eigenvalue weighted by molar-refractivity contribution is -0.116. The van der Waals surface area contributed by atoms with Crippen LogP contribution < -0.4 is 5.32 Å². The quantitative estimate of drug-likeness (QED) is 0.440. The van der Waals surface area contributed by atoms with E-state index in [-0.39, 0.29) is 5.91 Å². The van der Waals surface area contributed by atoms with E-state index in [9.17, 15) is 4.79 Å². The van der Waals surface area contributed by atoms with Crippen LogP contribution in [0, 0.1) is 0 Å². The topological polar surface area (TPSA) is 68.0 Å². The number of carbonyl (C=O) groups excluding carboxylic acids is 1. The van der Waals surface area contributed by atoms with E-state index in [4.69, 9.17) is 4.52 Å². The molecule has 4 rings (SSSR count). The van der Waals surface area contributed by atoms with Gasteiger partial charge in [0.1, 0.15) is 0 Å². The zero-order chi connectivity index (χ0) is 20.9. The molecule has 3 aromatic carbocycles. The van der Waals surface area contributed by atoms with Gasteiger partial charge < -0.3 is 9.84 Å². The van der Waals surface area contributed by atoms with Gasteiger partial charge in [0.05, 0.1) is 0 Å². The molecule has 0 bridgehead atoms. The van der Waals surface area contributed by atoms with Crippen LogP contribution >= 0.6 is 0 Å². The molecule has 5 heteroatoms. The maximum absolute atomic E-state index is 12.6. The Hall–Kier alpha value is -3.47. The molecule has 30 heavy (non-hydrogen) atoms. The summed E-state index contributed by atoms with van der Waals surface area (Å²) in [5.41, 5.74) is 4.17. The Bertz CT molecular complexity index is 1150. The molecule has 1 aromatic heterocycles. The highest BCUT2D eigenvalue weighted by Crippen LogP contribution is 2.27. The number of benzene rings is 3. The minimum Gasteiger partial charge on any atom is -0.339 e. The molecule has 1 heterocycles. The first-order valence-electron chi connectivity index (χ1n) is 10.4. The van der Waals surface area contributed by atoms with Crippen LogP contribution in [0.1, 0.15) is 37.3 Å². The van der Waals surface area contributed by atoms with Gasteiger partial charge in [-0.2, -0.15) is 4.98 Å². The zero-order valence-electron chi connectivity index (χ0n) is 17.3. The normalized spacial score (nSPS) is 11.0. The number of nitrogens with zero attached hydrogens (tertiary/aromatic N) is 2. The first-order valence-corrected chi connectivity index (χ1v) is 10.4. The maximum Gasteiger partial charge on any atom is 0.227 e. The summed E-state index contributed by atoms with van der Waals surface area (Å²) in [6.07, 6.45) is 2.45. The molecule has 0 spiro atoms. The molecule has 4 aromatic rings. The van der Waals surface area contributed by atoms with Crippen molar-refractivity contribution in [2.45, 2.75) is 39.5 Å². The molecule has 0 fully saturated rings. The summed E-state index contributed by atoms with van der Waals surface area (Å²) in [5, 5.41) is 9.42. The Balaban J connectivity index is 1.46. The number of carbonyl (C=O) groups is 1. The SMILES string of the molecule is CCc1cccc(CC)c1NC(=O)CCc1nc(-c2cccc3ccccc23)no1. The lowest BCUT2D eigenvalue weighted by Gasteiger charge is -2.14. The van der Waals surface area contributed by atoms with Crippen LogP contribution in [-0.2, 0) is 24.1 Å². The number of aryl methyl sites for hydroxylation is 3. The molecule has 152 valence electrons. The predicted octanol–water partition coefficient (Wildman–Crippen LogP) is 5.59. The number of fused-ring (bicyclic) bond motifs is 1. The summed E-state index contributed by atoms with van der Waals surface area (Å²) in [6, 6.07) is 20.3. The third-order valence-corrected chi connectivity index (χ3v) is 5.33. The van der Waals surface area contributed by atoms with E-state index in [1.54, 1.807) is 0 Å². The van der Waals surface area contributed by atoms with Gasteiger partial charge in [-0.25, -0.2) is 0 Å². The van der Waals surface area contributed by atoms with Crippen molar-refractivity contribution in [3.63, 3.8) is 0 Å². The van der Waals surface area contributed by atoms with Crippen molar-refractivity contribution in [1.82, 2.24) is 10.1 Å². The number of aromatic nitrogens is 2. The van der Waals surface area contributed by atoms with E-state index in [1.807, 2.05) is 36.4 Å². The lowest BCUT2D eigenvalue weighted by Crippen LogP contribution is -2.15. The second kappa shape index (κ2) is 8.91. The van der Waals surface area contributed by atoms with Crippen LogP contribution in [0.15, 0.2) is 65.2 Å². The van der Waals surface area contributed by atoms with Gasteiger partial charge >= 0.3 is 0 Å². The van der Waals surface area contributed by atoms with Crippen molar-refractivity contribution in [3.05, 3.63) is 77.7 Å². The van der Waals surface area contributed by atoms with Gasteiger partial charge in [-0.3, -0.25) is 4.79 Å². The average molecular weight is 399 g/mol. The number of amides is 1. The molecule has 0 atom stereocenters. The highest BCUT2D eigenvalue weighted by atomic mass is 16.5. The molecule has 0 radical (unpaired) electrons. The molecule has 1 N–H and O–H groups in total. The summed E-state index contributed by atoms with van der Waals surface area (Å²) in [4.78, 5) is 17.1. The number of hydrogen-bond donors (Lipinski definition) is 1. The lowest BCUT2D eigenvalue weighted by atomic mass is 10.0. The Kier molecular flexibility index (Phi) is 5.89. The minimum atomic E-state index is -0.0458. The van der Waals surface area contributed by atoms with E-state index in [1.165, 1.54) is 0 Å². The molecular weight excluding hydrogens is 374 g/mol. The highest BCUT2D eigenvalue weighted by Gasteiger charge is 2.14. The number of hydrogen-bond acceptors (Lipinski definition) is 4. The molecule has 0 saturated heterocycles. The van der Waals surface area contributed by atoms with Gasteiger partial charge in [0.2, 0.25) is 17.6 Å². The zero-order valence-corrected chi connectivity index (χ0v) is 17.3. The van der Waals surface area contributed by atoms with Gasteiger partial charge in [0.15, 0.2) is 0 Å². The van der Waals surface area contributed by atoms with E-state index in [0.717, 1.165) is 46.0 Å². The Morgan fingerprint density at radius 1 is 0.933 bits per heavy atom. The van der Waals surface area contributed by atoms with Crippen LogP contribution in [0.3, 0.4) is 0 Å². The van der Waals surface area contributed by atoms with Crippen molar-refractivity contribution in [1.29, 1.82) is 0 Å². The molecule has 0 aliphatic carbocycles. The van der Waals surface area contributed by atoms with Crippen LogP contribution in [0.25, 0.3) is 22.2 Å². The first kappa shape index (κ1) is 19.8. The fourth-order valence-electron chi connectivity index (χ4n) is 3.71. The molecule has 0 aliphatic rings. The van der Waals surface area contributed by atoms with Gasteiger partial charge in [-0.05, 0) is 34.7 Å².